The molecule has 1 aliphatic heterocycles. The molecule has 28 heavy (non-hydrogen) atoms. The number of rotatable bonds is 7. The number of aryl methyl sites for hydroxylation is 1. The molecule has 1 atom stereocenters. The van der Waals surface area contributed by atoms with Crippen LogP contribution in [0.2, 0.25) is 0 Å². The summed E-state index contributed by atoms with van der Waals surface area (Å²) in [6, 6.07) is 13.5. The van der Waals surface area contributed by atoms with Crippen molar-refractivity contribution in [2.75, 3.05) is 37.5 Å². The number of likely N-dealkylation sites (N-methyl/N-ethyl adjacent to an activating group) is 1. The van der Waals surface area contributed by atoms with Crippen LogP contribution in [0.15, 0.2) is 42.5 Å². The third-order valence-corrected chi connectivity index (χ3v) is 4.93. The minimum atomic E-state index is -0.0471. The van der Waals surface area contributed by atoms with Gasteiger partial charge in [-0.2, -0.15) is 0 Å². The van der Waals surface area contributed by atoms with Gasteiger partial charge in [-0.15, -0.1) is 0 Å². The van der Waals surface area contributed by atoms with E-state index >= 15 is 0 Å². The average molecular weight is 382 g/mol. The van der Waals surface area contributed by atoms with Gasteiger partial charge < -0.3 is 19.9 Å². The molecule has 2 aromatic carbocycles. The number of amides is 2. The minimum absolute atomic E-state index is 0.0471. The van der Waals surface area contributed by atoms with Crippen LogP contribution in [-0.2, 0) is 16.1 Å². The van der Waals surface area contributed by atoms with Gasteiger partial charge in [0, 0.05) is 29.9 Å². The summed E-state index contributed by atoms with van der Waals surface area (Å²) >= 11 is 0. The highest BCUT2D eigenvalue weighted by Gasteiger charge is 2.21. The molecule has 0 aliphatic carbocycles. The number of ether oxygens (including phenoxy) is 1. The number of benzene rings is 2. The molecule has 0 aromatic heterocycles. The topological polar surface area (TPSA) is 63.1 Å². The zero-order chi connectivity index (χ0) is 20.1. The Kier molecular flexibility index (Phi) is 6.31. The number of hydrogen-bond acceptors (Lipinski definition) is 3. The Bertz CT molecular complexity index is 849. The molecule has 0 bridgehead atoms. The predicted octanol–water partition coefficient (Wildman–Crippen LogP) is 1.78. The SMILES string of the molecule is COc1ccc(C)cc1C[NH+](C)CC(=O)Nc1ccc(N2CCCC2=O)cc1. The Hall–Kier alpha value is -2.86. The summed E-state index contributed by atoms with van der Waals surface area (Å²) in [6.45, 7) is 3.86. The summed E-state index contributed by atoms with van der Waals surface area (Å²) < 4.78 is 5.42. The van der Waals surface area contributed by atoms with E-state index in [9.17, 15) is 9.59 Å². The lowest BCUT2D eigenvalue weighted by molar-refractivity contribution is -0.885. The van der Waals surface area contributed by atoms with Gasteiger partial charge in [0.1, 0.15) is 12.3 Å². The van der Waals surface area contributed by atoms with Crippen LogP contribution in [0.1, 0.15) is 24.0 Å². The summed E-state index contributed by atoms with van der Waals surface area (Å²) in [5.74, 6) is 0.958. The fourth-order valence-corrected chi connectivity index (χ4v) is 3.56. The van der Waals surface area contributed by atoms with Crippen LogP contribution < -0.4 is 19.9 Å². The molecule has 2 aromatic rings. The summed E-state index contributed by atoms with van der Waals surface area (Å²) in [4.78, 5) is 27.1. The monoisotopic (exact) mass is 382 g/mol. The molecule has 2 amide bonds. The van der Waals surface area contributed by atoms with Crippen LogP contribution in [0.4, 0.5) is 11.4 Å². The Labute approximate surface area is 166 Å². The van der Waals surface area contributed by atoms with Crippen molar-refractivity contribution in [3.05, 3.63) is 53.6 Å². The smallest absolute Gasteiger partial charge is 0.279 e. The first-order valence-electron chi connectivity index (χ1n) is 9.61. The van der Waals surface area contributed by atoms with Crippen molar-refractivity contribution in [2.24, 2.45) is 0 Å². The molecule has 3 rings (SSSR count). The first-order chi connectivity index (χ1) is 13.5. The van der Waals surface area contributed by atoms with Gasteiger partial charge in [-0.05, 0) is 49.7 Å². The van der Waals surface area contributed by atoms with E-state index in [2.05, 4.69) is 11.4 Å². The lowest BCUT2D eigenvalue weighted by atomic mass is 10.1. The molecule has 1 unspecified atom stereocenters. The predicted molar refractivity (Wildman–Crippen MR) is 110 cm³/mol. The number of carbonyl (C=O) groups is 2. The van der Waals surface area contributed by atoms with E-state index in [-0.39, 0.29) is 11.8 Å². The molecule has 1 aliphatic rings. The molecule has 148 valence electrons. The Morgan fingerprint density at radius 1 is 1.21 bits per heavy atom. The van der Waals surface area contributed by atoms with Crippen LogP contribution in [0, 0.1) is 6.92 Å². The van der Waals surface area contributed by atoms with E-state index in [1.165, 1.54) is 5.56 Å². The van der Waals surface area contributed by atoms with E-state index in [4.69, 9.17) is 4.74 Å². The second kappa shape index (κ2) is 8.89. The standard InChI is InChI=1S/C22H27N3O3/c1-16-6-11-20(28-3)17(13-16)14-24(2)15-21(26)23-18-7-9-19(10-8-18)25-12-4-5-22(25)27/h6-11,13H,4-5,12,14-15H2,1-3H3,(H,23,26)/p+1. The molecule has 1 heterocycles. The highest BCUT2D eigenvalue weighted by atomic mass is 16.5. The van der Waals surface area contributed by atoms with Crippen molar-refractivity contribution in [1.82, 2.24) is 0 Å². The summed E-state index contributed by atoms with van der Waals surface area (Å²) in [7, 11) is 3.65. The molecular weight excluding hydrogens is 354 g/mol. The summed E-state index contributed by atoms with van der Waals surface area (Å²) in [5, 5.41) is 2.93. The van der Waals surface area contributed by atoms with Crippen molar-refractivity contribution in [2.45, 2.75) is 26.3 Å². The Morgan fingerprint density at radius 3 is 2.61 bits per heavy atom. The molecular formula is C22H28N3O3+. The van der Waals surface area contributed by atoms with Gasteiger partial charge in [-0.3, -0.25) is 9.59 Å². The molecule has 6 heteroatoms. The fraction of sp³-hybridized carbons (Fsp3) is 0.364. The van der Waals surface area contributed by atoms with Crippen LogP contribution >= 0.6 is 0 Å². The Balaban J connectivity index is 1.55. The third-order valence-electron chi connectivity index (χ3n) is 4.93. The molecule has 1 fully saturated rings. The van der Waals surface area contributed by atoms with Gasteiger partial charge in [-0.25, -0.2) is 0 Å². The average Bonchev–Trinajstić information content (AvgIpc) is 3.08. The number of nitrogens with one attached hydrogen (secondary N) is 2. The van der Waals surface area contributed by atoms with Crippen molar-refractivity contribution in [1.29, 1.82) is 0 Å². The number of quaternary nitrogens is 1. The summed E-state index contributed by atoms with van der Waals surface area (Å²) in [5.41, 5.74) is 3.88. The van der Waals surface area contributed by atoms with Crippen LogP contribution in [-0.4, -0.2) is 39.1 Å². The van der Waals surface area contributed by atoms with E-state index in [0.717, 1.165) is 40.6 Å². The van der Waals surface area contributed by atoms with Crippen molar-refractivity contribution < 1.29 is 19.2 Å². The number of nitrogens with zero attached hydrogens (tertiary/aromatic N) is 1. The molecule has 1 saturated heterocycles. The van der Waals surface area contributed by atoms with Gasteiger partial charge in [0.15, 0.2) is 6.54 Å². The molecule has 0 spiro atoms. The third kappa shape index (κ3) is 4.89. The lowest BCUT2D eigenvalue weighted by Gasteiger charge is -2.17. The van der Waals surface area contributed by atoms with E-state index in [1.807, 2.05) is 50.4 Å². The number of carbonyl (C=O) groups excluding carboxylic acids is 2. The highest BCUT2D eigenvalue weighted by molar-refractivity contribution is 5.96. The van der Waals surface area contributed by atoms with E-state index in [0.29, 0.717) is 19.5 Å². The largest absolute Gasteiger partial charge is 0.496 e. The van der Waals surface area contributed by atoms with Gasteiger partial charge in [-0.1, -0.05) is 11.6 Å². The first kappa shape index (κ1) is 19.9. The van der Waals surface area contributed by atoms with Crippen LogP contribution in [0.3, 0.4) is 0 Å². The fourth-order valence-electron chi connectivity index (χ4n) is 3.56. The van der Waals surface area contributed by atoms with Gasteiger partial charge in [0.2, 0.25) is 5.91 Å². The van der Waals surface area contributed by atoms with Crippen LogP contribution in [0.5, 0.6) is 5.75 Å². The Morgan fingerprint density at radius 2 is 1.96 bits per heavy atom. The first-order valence-corrected chi connectivity index (χ1v) is 9.61. The van der Waals surface area contributed by atoms with Crippen molar-refractivity contribution >= 4 is 23.2 Å². The molecule has 0 saturated carbocycles. The maximum absolute atomic E-state index is 12.4. The van der Waals surface area contributed by atoms with E-state index < -0.39 is 0 Å². The van der Waals surface area contributed by atoms with E-state index in [1.54, 1.807) is 12.0 Å². The van der Waals surface area contributed by atoms with Crippen molar-refractivity contribution in [3.63, 3.8) is 0 Å². The number of hydrogen-bond donors (Lipinski definition) is 2. The maximum atomic E-state index is 12.4. The normalized spacial score (nSPS) is 14.8. The summed E-state index contributed by atoms with van der Waals surface area (Å²) in [6.07, 6.45) is 1.51. The van der Waals surface area contributed by atoms with Gasteiger partial charge in [0.05, 0.1) is 14.2 Å². The second-order valence-electron chi connectivity index (χ2n) is 7.37. The maximum Gasteiger partial charge on any atom is 0.279 e. The zero-order valence-corrected chi connectivity index (χ0v) is 16.7. The molecule has 2 N–H and O–H groups in total. The highest BCUT2D eigenvalue weighted by Crippen LogP contribution is 2.23. The van der Waals surface area contributed by atoms with Gasteiger partial charge >= 0.3 is 0 Å². The zero-order valence-electron chi connectivity index (χ0n) is 16.7. The molecule has 6 nitrogen and oxygen atoms in total. The lowest BCUT2D eigenvalue weighted by Crippen LogP contribution is -3.08. The van der Waals surface area contributed by atoms with Crippen LogP contribution in [0.25, 0.3) is 0 Å². The van der Waals surface area contributed by atoms with Crippen molar-refractivity contribution in [3.8, 4) is 5.75 Å². The quantitative estimate of drug-likeness (QED) is 0.767. The molecule has 0 radical (unpaired) electrons. The van der Waals surface area contributed by atoms with Gasteiger partial charge in [0.25, 0.3) is 5.91 Å². The second-order valence-corrected chi connectivity index (χ2v) is 7.37. The number of methoxy groups -OCH3 is 1. The number of anilines is 2. The minimum Gasteiger partial charge on any atom is -0.496 e.